The highest BCUT2D eigenvalue weighted by Crippen LogP contribution is 2.43. The predicted octanol–water partition coefficient (Wildman–Crippen LogP) is 2.53. The van der Waals surface area contributed by atoms with Crippen molar-refractivity contribution in [3.8, 4) is 17.2 Å². The lowest BCUT2D eigenvalue weighted by Gasteiger charge is -2.20. The Balaban J connectivity index is 1.75. The number of ether oxygens (including phenoxy) is 3. The van der Waals surface area contributed by atoms with Crippen LogP contribution in [0.5, 0.6) is 17.2 Å². The molecule has 0 amide bonds. The van der Waals surface area contributed by atoms with Crippen molar-refractivity contribution in [3.05, 3.63) is 42.2 Å². The first kappa shape index (κ1) is 18.3. The number of aliphatic hydroxyl groups excluding tert-OH is 1. The fourth-order valence-electron chi connectivity index (χ4n) is 3.20. The number of hydrogen-bond donors (Lipinski definition) is 2. The second-order valence-corrected chi connectivity index (χ2v) is 6.53. The SMILES string of the molecule is COc1ccc2c(Nc3c(CN(C)CCO)ccc4c3OCO4)ncnc2c1. The molecule has 0 radical (unpaired) electrons. The first-order valence-corrected chi connectivity index (χ1v) is 8.96. The summed E-state index contributed by atoms with van der Waals surface area (Å²) in [6.07, 6.45) is 1.52. The minimum atomic E-state index is 0.0994. The summed E-state index contributed by atoms with van der Waals surface area (Å²) in [5.74, 6) is 2.76. The highest BCUT2D eigenvalue weighted by molar-refractivity contribution is 5.92. The van der Waals surface area contributed by atoms with Gasteiger partial charge < -0.3 is 24.6 Å². The summed E-state index contributed by atoms with van der Waals surface area (Å²) < 4.78 is 16.5. The zero-order valence-corrected chi connectivity index (χ0v) is 15.8. The molecule has 0 unspecified atom stereocenters. The lowest BCUT2D eigenvalue weighted by molar-refractivity contribution is 0.174. The van der Waals surface area contributed by atoms with Crippen LogP contribution in [0.25, 0.3) is 10.9 Å². The number of aliphatic hydroxyl groups is 1. The van der Waals surface area contributed by atoms with Gasteiger partial charge in [0.05, 0.1) is 24.9 Å². The van der Waals surface area contributed by atoms with Crippen LogP contribution >= 0.6 is 0 Å². The molecule has 0 aliphatic carbocycles. The van der Waals surface area contributed by atoms with Crippen LogP contribution in [0.4, 0.5) is 11.5 Å². The van der Waals surface area contributed by atoms with Crippen molar-refractivity contribution < 1.29 is 19.3 Å². The molecule has 0 saturated carbocycles. The quantitative estimate of drug-likeness (QED) is 0.644. The van der Waals surface area contributed by atoms with Gasteiger partial charge in [-0.15, -0.1) is 0 Å². The summed E-state index contributed by atoms with van der Waals surface area (Å²) in [4.78, 5) is 10.8. The Morgan fingerprint density at radius 2 is 2.11 bits per heavy atom. The third-order valence-electron chi connectivity index (χ3n) is 4.63. The van der Waals surface area contributed by atoms with Crippen molar-refractivity contribution in [1.82, 2.24) is 14.9 Å². The average molecular weight is 382 g/mol. The summed E-state index contributed by atoms with van der Waals surface area (Å²) in [6.45, 7) is 1.49. The molecular formula is C20H22N4O4. The Bertz CT molecular complexity index is 995. The summed E-state index contributed by atoms with van der Waals surface area (Å²) in [5, 5.41) is 13.5. The van der Waals surface area contributed by atoms with Crippen molar-refractivity contribution in [2.24, 2.45) is 0 Å². The van der Waals surface area contributed by atoms with Gasteiger partial charge in [-0.1, -0.05) is 6.07 Å². The summed E-state index contributed by atoms with van der Waals surface area (Å²) in [6, 6.07) is 9.57. The molecule has 28 heavy (non-hydrogen) atoms. The fraction of sp³-hybridized carbons (Fsp3) is 0.300. The van der Waals surface area contributed by atoms with Gasteiger partial charge in [0.25, 0.3) is 0 Å². The molecular weight excluding hydrogens is 360 g/mol. The first-order valence-electron chi connectivity index (χ1n) is 8.96. The number of fused-ring (bicyclic) bond motifs is 2. The third-order valence-corrected chi connectivity index (χ3v) is 4.63. The molecule has 8 nitrogen and oxygen atoms in total. The average Bonchev–Trinajstić information content (AvgIpc) is 3.18. The van der Waals surface area contributed by atoms with Crippen LogP contribution in [0.15, 0.2) is 36.7 Å². The zero-order chi connectivity index (χ0) is 19.5. The zero-order valence-electron chi connectivity index (χ0n) is 15.8. The van der Waals surface area contributed by atoms with Crippen LogP contribution < -0.4 is 19.5 Å². The van der Waals surface area contributed by atoms with Crippen molar-refractivity contribution in [2.45, 2.75) is 6.54 Å². The molecule has 146 valence electrons. The molecule has 1 aliphatic heterocycles. The standard InChI is InChI=1S/C20H22N4O4/c1-24(7-8-25)10-13-3-6-17-19(28-12-27-17)18(13)23-20-15-5-4-14(26-2)9-16(15)21-11-22-20/h3-6,9,11,25H,7-8,10,12H2,1-2H3,(H,21,22,23). The molecule has 0 bridgehead atoms. The molecule has 2 aromatic carbocycles. The van der Waals surface area contributed by atoms with Crippen LogP contribution in [0.1, 0.15) is 5.56 Å². The Morgan fingerprint density at radius 3 is 2.93 bits per heavy atom. The maximum atomic E-state index is 9.21. The van der Waals surface area contributed by atoms with Gasteiger partial charge in [0.2, 0.25) is 6.79 Å². The number of nitrogens with zero attached hydrogens (tertiary/aromatic N) is 3. The monoisotopic (exact) mass is 382 g/mol. The molecule has 0 spiro atoms. The number of anilines is 2. The van der Waals surface area contributed by atoms with Gasteiger partial charge in [-0.3, -0.25) is 4.90 Å². The number of benzene rings is 2. The lowest BCUT2D eigenvalue weighted by Crippen LogP contribution is -2.22. The van der Waals surface area contributed by atoms with Crippen LogP contribution in [0, 0.1) is 0 Å². The van der Waals surface area contributed by atoms with Crippen molar-refractivity contribution >= 4 is 22.4 Å². The molecule has 2 heterocycles. The molecule has 0 saturated heterocycles. The molecule has 4 rings (SSSR count). The summed E-state index contributed by atoms with van der Waals surface area (Å²) >= 11 is 0. The highest BCUT2D eigenvalue weighted by atomic mass is 16.7. The second kappa shape index (κ2) is 7.87. The smallest absolute Gasteiger partial charge is 0.231 e. The van der Waals surface area contributed by atoms with E-state index in [1.54, 1.807) is 7.11 Å². The van der Waals surface area contributed by atoms with Gasteiger partial charge in [0.15, 0.2) is 11.5 Å². The number of aromatic nitrogens is 2. The second-order valence-electron chi connectivity index (χ2n) is 6.53. The van der Waals surface area contributed by atoms with Crippen molar-refractivity contribution in [2.75, 3.05) is 39.4 Å². The molecule has 2 N–H and O–H groups in total. The van der Waals surface area contributed by atoms with Gasteiger partial charge in [-0.25, -0.2) is 9.97 Å². The molecule has 0 atom stereocenters. The Labute approximate surface area is 162 Å². The fourth-order valence-corrected chi connectivity index (χ4v) is 3.20. The van der Waals surface area contributed by atoms with Gasteiger partial charge in [0.1, 0.15) is 17.9 Å². The number of hydrogen-bond acceptors (Lipinski definition) is 8. The number of likely N-dealkylation sites (N-methyl/N-ethyl adjacent to an activating group) is 1. The van der Waals surface area contributed by atoms with E-state index in [1.165, 1.54) is 6.33 Å². The maximum absolute atomic E-state index is 9.21. The van der Waals surface area contributed by atoms with E-state index in [1.807, 2.05) is 42.3 Å². The van der Waals surface area contributed by atoms with E-state index in [9.17, 15) is 5.11 Å². The summed E-state index contributed by atoms with van der Waals surface area (Å²) in [7, 11) is 3.58. The summed E-state index contributed by atoms with van der Waals surface area (Å²) in [5.41, 5.74) is 2.59. The third kappa shape index (κ3) is 3.51. The Morgan fingerprint density at radius 1 is 1.21 bits per heavy atom. The Hall–Kier alpha value is -3.10. The van der Waals surface area contributed by atoms with Gasteiger partial charge >= 0.3 is 0 Å². The first-order chi connectivity index (χ1) is 13.7. The molecule has 3 aromatic rings. The van der Waals surface area contributed by atoms with Crippen molar-refractivity contribution in [1.29, 1.82) is 0 Å². The van der Waals surface area contributed by atoms with Crippen molar-refractivity contribution in [3.63, 3.8) is 0 Å². The van der Waals surface area contributed by atoms with Crippen LogP contribution in [-0.2, 0) is 6.54 Å². The lowest BCUT2D eigenvalue weighted by atomic mass is 10.1. The number of rotatable bonds is 7. The topological polar surface area (TPSA) is 89.0 Å². The molecule has 1 aromatic heterocycles. The molecule has 0 fully saturated rings. The van der Waals surface area contributed by atoms with Gasteiger partial charge in [-0.05, 0) is 30.8 Å². The predicted molar refractivity (Wildman–Crippen MR) is 105 cm³/mol. The van der Waals surface area contributed by atoms with E-state index >= 15 is 0 Å². The van der Waals surface area contributed by atoms with Crippen LogP contribution in [0.3, 0.4) is 0 Å². The minimum Gasteiger partial charge on any atom is -0.497 e. The van der Waals surface area contributed by atoms with E-state index in [-0.39, 0.29) is 13.4 Å². The van der Waals surface area contributed by atoms with Crippen LogP contribution in [-0.4, -0.2) is 54.1 Å². The normalized spacial score (nSPS) is 12.6. The van der Waals surface area contributed by atoms with E-state index in [0.717, 1.165) is 27.9 Å². The molecule has 8 heteroatoms. The highest BCUT2D eigenvalue weighted by Gasteiger charge is 2.22. The number of methoxy groups -OCH3 is 1. The maximum Gasteiger partial charge on any atom is 0.231 e. The number of nitrogens with one attached hydrogen (secondary N) is 1. The Kier molecular flexibility index (Phi) is 5.14. The van der Waals surface area contributed by atoms with E-state index in [4.69, 9.17) is 14.2 Å². The van der Waals surface area contributed by atoms with Gasteiger partial charge in [-0.2, -0.15) is 0 Å². The largest absolute Gasteiger partial charge is 0.497 e. The van der Waals surface area contributed by atoms with E-state index in [2.05, 4.69) is 15.3 Å². The van der Waals surface area contributed by atoms with Crippen LogP contribution in [0.2, 0.25) is 0 Å². The van der Waals surface area contributed by atoms with Gasteiger partial charge in [0, 0.05) is 24.5 Å². The molecule has 1 aliphatic rings. The van der Waals surface area contributed by atoms with E-state index in [0.29, 0.717) is 30.4 Å². The van der Waals surface area contributed by atoms with E-state index < -0.39 is 0 Å². The minimum absolute atomic E-state index is 0.0994.